The second-order valence-electron chi connectivity index (χ2n) is 4.61. The summed E-state index contributed by atoms with van der Waals surface area (Å²) >= 11 is 1.47. The van der Waals surface area contributed by atoms with Crippen molar-refractivity contribution in [2.75, 3.05) is 12.3 Å². The number of nitrogens with one attached hydrogen (secondary N) is 1. The molecule has 0 unspecified atom stereocenters. The topological polar surface area (TPSA) is 59.1 Å². The van der Waals surface area contributed by atoms with Crippen LogP contribution in [0.4, 0.5) is 4.39 Å². The van der Waals surface area contributed by atoms with Crippen molar-refractivity contribution < 1.29 is 12.8 Å². The van der Waals surface area contributed by atoms with Gasteiger partial charge in [-0.25, -0.2) is 22.5 Å². The molecule has 0 radical (unpaired) electrons. The van der Waals surface area contributed by atoms with Gasteiger partial charge in [0.15, 0.2) is 0 Å². The van der Waals surface area contributed by atoms with Gasteiger partial charge in [0.05, 0.1) is 11.4 Å². The second kappa shape index (κ2) is 7.11. The van der Waals surface area contributed by atoms with Crippen LogP contribution in [0.5, 0.6) is 0 Å². The van der Waals surface area contributed by atoms with Crippen molar-refractivity contribution in [1.82, 2.24) is 9.71 Å². The first-order chi connectivity index (χ1) is 10.00. The second-order valence-corrected chi connectivity index (χ2v) is 7.40. The van der Waals surface area contributed by atoms with Crippen LogP contribution in [-0.4, -0.2) is 25.7 Å². The summed E-state index contributed by atoms with van der Waals surface area (Å²) in [7, 11) is -3.17. The monoisotopic (exact) mass is 328 g/mol. The summed E-state index contributed by atoms with van der Waals surface area (Å²) in [5.41, 5.74) is 1.69. The lowest BCUT2D eigenvalue weighted by atomic mass is 10.2. The van der Waals surface area contributed by atoms with Crippen molar-refractivity contribution in [1.29, 1.82) is 0 Å². The van der Waals surface area contributed by atoms with Crippen LogP contribution in [0.25, 0.3) is 10.6 Å². The molecular weight excluding hydrogens is 311 g/mol. The SMILES string of the molecule is CCCS(=O)(=O)NCCc1csc(-c2ccc(F)cc2)n1. The molecule has 7 heteroatoms. The number of aromatic nitrogens is 1. The van der Waals surface area contributed by atoms with Gasteiger partial charge in [0.1, 0.15) is 10.8 Å². The standard InChI is InChI=1S/C14H17FN2O2S2/c1-2-9-21(18,19)16-8-7-13-10-20-14(17-13)11-3-5-12(15)6-4-11/h3-6,10,16H,2,7-9H2,1H3. The van der Waals surface area contributed by atoms with E-state index in [9.17, 15) is 12.8 Å². The van der Waals surface area contributed by atoms with Crippen LogP contribution in [0.3, 0.4) is 0 Å². The van der Waals surface area contributed by atoms with Gasteiger partial charge in [-0.2, -0.15) is 0 Å². The van der Waals surface area contributed by atoms with E-state index in [0.717, 1.165) is 16.3 Å². The van der Waals surface area contributed by atoms with E-state index < -0.39 is 10.0 Å². The summed E-state index contributed by atoms with van der Waals surface area (Å²) in [6.07, 6.45) is 1.14. The summed E-state index contributed by atoms with van der Waals surface area (Å²) in [4.78, 5) is 4.44. The Bertz CT molecular complexity index is 681. The lowest BCUT2D eigenvalue weighted by Gasteiger charge is -2.03. The molecule has 0 aliphatic rings. The van der Waals surface area contributed by atoms with Gasteiger partial charge in [0.2, 0.25) is 10.0 Å². The van der Waals surface area contributed by atoms with Crippen LogP contribution in [0.15, 0.2) is 29.6 Å². The molecule has 1 N–H and O–H groups in total. The summed E-state index contributed by atoms with van der Waals surface area (Å²) in [6.45, 7) is 2.17. The molecule has 0 saturated carbocycles. The number of thiazole rings is 1. The Balaban J connectivity index is 1.93. The Labute approximate surface area is 128 Å². The lowest BCUT2D eigenvalue weighted by Crippen LogP contribution is -2.28. The summed E-state index contributed by atoms with van der Waals surface area (Å²) in [6, 6.07) is 6.16. The Kier molecular flexibility index (Phi) is 5.44. The predicted octanol–water partition coefficient (Wildman–Crippen LogP) is 2.82. The maximum absolute atomic E-state index is 12.9. The normalized spacial score (nSPS) is 11.7. The van der Waals surface area contributed by atoms with Crippen molar-refractivity contribution in [3.05, 3.63) is 41.2 Å². The molecule has 0 fully saturated rings. The molecule has 1 aromatic heterocycles. The van der Waals surface area contributed by atoms with Crippen molar-refractivity contribution in [3.8, 4) is 10.6 Å². The minimum Gasteiger partial charge on any atom is -0.241 e. The smallest absolute Gasteiger partial charge is 0.211 e. The highest BCUT2D eigenvalue weighted by atomic mass is 32.2. The van der Waals surface area contributed by atoms with Crippen molar-refractivity contribution >= 4 is 21.4 Å². The Hall–Kier alpha value is -1.31. The van der Waals surface area contributed by atoms with Crippen molar-refractivity contribution in [2.24, 2.45) is 0 Å². The van der Waals surface area contributed by atoms with Gasteiger partial charge in [0.25, 0.3) is 0 Å². The Morgan fingerprint density at radius 2 is 2.00 bits per heavy atom. The molecular formula is C14H17FN2O2S2. The molecule has 0 atom stereocenters. The van der Waals surface area contributed by atoms with Crippen LogP contribution in [-0.2, 0) is 16.4 Å². The number of rotatable bonds is 7. The fourth-order valence-corrected chi connectivity index (χ4v) is 3.78. The third-order valence-electron chi connectivity index (χ3n) is 2.82. The van der Waals surface area contributed by atoms with Crippen LogP contribution >= 0.6 is 11.3 Å². The number of benzene rings is 1. The average molecular weight is 328 g/mol. The highest BCUT2D eigenvalue weighted by Gasteiger charge is 2.09. The number of hydrogen-bond acceptors (Lipinski definition) is 4. The molecule has 1 heterocycles. The van der Waals surface area contributed by atoms with E-state index in [0.29, 0.717) is 19.4 Å². The number of hydrogen-bond donors (Lipinski definition) is 1. The zero-order valence-corrected chi connectivity index (χ0v) is 13.3. The van der Waals surface area contributed by atoms with E-state index in [1.165, 1.54) is 23.5 Å². The fourth-order valence-electron chi connectivity index (χ4n) is 1.82. The highest BCUT2D eigenvalue weighted by molar-refractivity contribution is 7.89. The Morgan fingerprint density at radius 1 is 1.29 bits per heavy atom. The maximum atomic E-state index is 12.9. The van der Waals surface area contributed by atoms with Crippen LogP contribution < -0.4 is 4.72 Å². The van der Waals surface area contributed by atoms with Gasteiger partial charge in [0, 0.05) is 23.9 Å². The van der Waals surface area contributed by atoms with Crippen LogP contribution in [0.2, 0.25) is 0 Å². The first kappa shape index (κ1) is 16.1. The number of halogens is 1. The third-order valence-corrected chi connectivity index (χ3v) is 5.35. The van der Waals surface area contributed by atoms with Crippen molar-refractivity contribution in [3.63, 3.8) is 0 Å². The van der Waals surface area contributed by atoms with E-state index in [1.807, 2.05) is 12.3 Å². The molecule has 0 amide bonds. The molecule has 4 nitrogen and oxygen atoms in total. The lowest BCUT2D eigenvalue weighted by molar-refractivity contribution is 0.580. The molecule has 2 aromatic rings. The largest absolute Gasteiger partial charge is 0.241 e. The summed E-state index contributed by atoms with van der Waals surface area (Å²) in [5, 5.41) is 2.70. The summed E-state index contributed by atoms with van der Waals surface area (Å²) < 4.78 is 38.4. The minimum atomic E-state index is -3.17. The fraction of sp³-hybridized carbons (Fsp3) is 0.357. The van der Waals surface area contributed by atoms with Gasteiger partial charge in [-0.05, 0) is 30.7 Å². The van der Waals surface area contributed by atoms with Crippen LogP contribution in [0, 0.1) is 5.82 Å². The highest BCUT2D eigenvalue weighted by Crippen LogP contribution is 2.23. The van der Waals surface area contributed by atoms with E-state index in [-0.39, 0.29) is 11.6 Å². The molecule has 0 aliphatic heterocycles. The average Bonchev–Trinajstić information content (AvgIpc) is 2.88. The van der Waals surface area contributed by atoms with E-state index >= 15 is 0 Å². The maximum Gasteiger partial charge on any atom is 0.211 e. The van der Waals surface area contributed by atoms with E-state index in [1.54, 1.807) is 12.1 Å². The predicted molar refractivity (Wildman–Crippen MR) is 83.3 cm³/mol. The number of nitrogens with zero attached hydrogens (tertiary/aromatic N) is 1. The van der Waals surface area contributed by atoms with Gasteiger partial charge in [-0.1, -0.05) is 6.92 Å². The van der Waals surface area contributed by atoms with E-state index in [2.05, 4.69) is 9.71 Å². The molecule has 0 bridgehead atoms. The van der Waals surface area contributed by atoms with Gasteiger partial charge in [-0.3, -0.25) is 0 Å². The van der Waals surface area contributed by atoms with Crippen LogP contribution in [0.1, 0.15) is 19.0 Å². The van der Waals surface area contributed by atoms with Gasteiger partial charge in [-0.15, -0.1) is 11.3 Å². The first-order valence-corrected chi connectivity index (χ1v) is 9.21. The van der Waals surface area contributed by atoms with Gasteiger partial charge < -0.3 is 0 Å². The molecule has 0 saturated heterocycles. The van der Waals surface area contributed by atoms with E-state index in [4.69, 9.17) is 0 Å². The molecule has 21 heavy (non-hydrogen) atoms. The molecule has 2 rings (SSSR count). The minimum absolute atomic E-state index is 0.144. The van der Waals surface area contributed by atoms with Crippen molar-refractivity contribution in [2.45, 2.75) is 19.8 Å². The third kappa shape index (κ3) is 4.87. The molecule has 0 spiro atoms. The summed E-state index contributed by atoms with van der Waals surface area (Å²) in [5.74, 6) is -0.133. The number of sulfonamides is 1. The zero-order valence-electron chi connectivity index (χ0n) is 11.7. The quantitative estimate of drug-likeness (QED) is 0.850. The van der Waals surface area contributed by atoms with Gasteiger partial charge >= 0.3 is 0 Å². The molecule has 0 aliphatic carbocycles. The zero-order chi connectivity index (χ0) is 15.3. The molecule has 1 aromatic carbocycles. The molecule has 114 valence electrons. The first-order valence-electron chi connectivity index (χ1n) is 6.68. The Morgan fingerprint density at radius 3 is 2.67 bits per heavy atom.